The fourth-order valence-electron chi connectivity index (χ4n) is 2.01. The molecule has 2 rings (SSSR count). The number of para-hydroxylation sites is 1. The predicted molar refractivity (Wildman–Crippen MR) is 80.8 cm³/mol. The molecule has 1 amide bonds. The average molecular weight is 355 g/mol. The van der Waals surface area contributed by atoms with E-state index in [1.807, 2.05) is 0 Å². The van der Waals surface area contributed by atoms with Crippen LogP contribution in [0.3, 0.4) is 0 Å². The Bertz CT molecular complexity index is 668. The van der Waals surface area contributed by atoms with Gasteiger partial charge < -0.3 is 11.1 Å². The predicted octanol–water partition coefficient (Wildman–Crippen LogP) is 3.80. The molecule has 0 heterocycles. The van der Waals surface area contributed by atoms with Crippen LogP contribution >= 0.6 is 15.9 Å². The first-order valence-corrected chi connectivity index (χ1v) is 6.99. The van der Waals surface area contributed by atoms with Crippen LogP contribution in [-0.2, 0) is 0 Å². The largest absolute Gasteiger partial charge is 0.398 e. The fourth-order valence-corrected chi connectivity index (χ4v) is 2.41. The van der Waals surface area contributed by atoms with Crippen LogP contribution in [0.15, 0.2) is 40.9 Å². The van der Waals surface area contributed by atoms with E-state index in [1.54, 1.807) is 31.2 Å². The summed E-state index contributed by atoms with van der Waals surface area (Å²) in [5.41, 5.74) is 6.38. The first-order valence-electron chi connectivity index (χ1n) is 6.20. The maximum absolute atomic E-state index is 13.7. The second kappa shape index (κ2) is 6.22. The van der Waals surface area contributed by atoms with Gasteiger partial charge in [0.15, 0.2) is 0 Å². The SMILES string of the molecule is CC(NC(=O)c1c(F)cc(Br)cc1F)c1ccccc1N. The smallest absolute Gasteiger partial charge is 0.257 e. The number of hydrogen-bond donors (Lipinski definition) is 2. The third-order valence-electron chi connectivity index (χ3n) is 3.04. The van der Waals surface area contributed by atoms with Gasteiger partial charge in [0.2, 0.25) is 0 Å². The molecule has 0 aliphatic heterocycles. The summed E-state index contributed by atoms with van der Waals surface area (Å²) in [6.45, 7) is 1.69. The van der Waals surface area contributed by atoms with Crippen LogP contribution in [0.5, 0.6) is 0 Å². The highest BCUT2D eigenvalue weighted by atomic mass is 79.9. The van der Waals surface area contributed by atoms with Crippen molar-refractivity contribution in [3.63, 3.8) is 0 Å². The van der Waals surface area contributed by atoms with Crippen LogP contribution in [0.2, 0.25) is 0 Å². The van der Waals surface area contributed by atoms with Gasteiger partial charge in [-0.05, 0) is 30.7 Å². The summed E-state index contributed by atoms with van der Waals surface area (Å²) in [7, 11) is 0. The molecular formula is C15H13BrF2N2O. The molecule has 21 heavy (non-hydrogen) atoms. The van der Waals surface area contributed by atoms with Gasteiger partial charge >= 0.3 is 0 Å². The van der Waals surface area contributed by atoms with Crippen LogP contribution in [-0.4, -0.2) is 5.91 Å². The van der Waals surface area contributed by atoms with Crippen LogP contribution < -0.4 is 11.1 Å². The molecule has 0 saturated heterocycles. The summed E-state index contributed by atoms with van der Waals surface area (Å²) >= 11 is 2.97. The second-order valence-electron chi connectivity index (χ2n) is 4.57. The molecule has 110 valence electrons. The van der Waals surface area contributed by atoms with Crippen LogP contribution in [0.4, 0.5) is 14.5 Å². The molecule has 6 heteroatoms. The first kappa shape index (κ1) is 15.4. The number of nitrogen functional groups attached to an aromatic ring is 1. The summed E-state index contributed by atoms with van der Waals surface area (Å²) in [5, 5.41) is 2.54. The van der Waals surface area contributed by atoms with Gasteiger partial charge in [-0.3, -0.25) is 4.79 Å². The highest BCUT2D eigenvalue weighted by molar-refractivity contribution is 9.10. The lowest BCUT2D eigenvalue weighted by molar-refractivity contribution is 0.0931. The molecule has 0 fully saturated rings. The van der Waals surface area contributed by atoms with Crippen molar-refractivity contribution in [3.05, 3.63) is 63.6 Å². The number of hydrogen-bond acceptors (Lipinski definition) is 2. The minimum Gasteiger partial charge on any atom is -0.398 e. The molecule has 0 aliphatic carbocycles. The minimum absolute atomic E-state index is 0.231. The molecule has 2 aromatic rings. The van der Waals surface area contributed by atoms with Crippen molar-refractivity contribution in [3.8, 4) is 0 Å². The normalized spacial score (nSPS) is 12.0. The Labute approximate surface area is 129 Å². The number of nitrogens with two attached hydrogens (primary N) is 1. The van der Waals surface area contributed by atoms with Gasteiger partial charge in [0, 0.05) is 10.2 Å². The van der Waals surface area contributed by atoms with Crippen molar-refractivity contribution >= 4 is 27.5 Å². The standard InChI is InChI=1S/C15H13BrF2N2O/c1-8(10-4-2-3-5-13(10)19)20-15(21)14-11(17)6-9(16)7-12(14)18/h2-8H,19H2,1H3,(H,20,21). The zero-order valence-corrected chi connectivity index (χ0v) is 12.7. The lowest BCUT2D eigenvalue weighted by atomic mass is 10.1. The van der Waals surface area contributed by atoms with Crippen molar-refractivity contribution in [1.29, 1.82) is 0 Å². The molecule has 1 unspecified atom stereocenters. The van der Waals surface area contributed by atoms with Gasteiger partial charge in [-0.25, -0.2) is 8.78 Å². The monoisotopic (exact) mass is 354 g/mol. The van der Waals surface area contributed by atoms with Crippen LogP contribution in [0.25, 0.3) is 0 Å². The van der Waals surface area contributed by atoms with Crippen molar-refractivity contribution < 1.29 is 13.6 Å². The average Bonchev–Trinajstić information content (AvgIpc) is 2.37. The van der Waals surface area contributed by atoms with Crippen LogP contribution in [0, 0.1) is 11.6 Å². The topological polar surface area (TPSA) is 55.1 Å². The molecule has 0 radical (unpaired) electrons. The molecule has 1 atom stereocenters. The number of nitrogens with one attached hydrogen (secondary N) is 1. The Kier molecular flexibility index (Phi) is 4.57. The Morgan fingerprint density at radius 1 is 1.24 bits per heavy atom. The highest BCUT2D eigenvalue weighted by Gasteiger charge is 2.20. The molecule has 0 aliphatic rings. The van der Waals surface area contributed by atoms with Crippen LogP contribution in [0.1, 0.15) is 28.9 Å². The van der Waals surface area contributed by atoms with E-state index >= 15 is 0 Å². The summed E-state index contributed by atoms with van der Waals surface area (Å²) in [6.07, 6.45) is 0. The minimum atomic E-state index is -0.924. The number of carbonyl (C=O) groups is 1. The Hall–Kier alpha value is -1.95. The molecule has 0 aromatic heterocycles. The van der Waals surface area contributed by atoms with Gasteiger partial charge in [-0.2, -0.15) is 0 Å². The van der Waals surface area contributed by atoms with Crippen molar-refractivity contribution in [2.45, 2.75) is 13.0 Å². The van der Waals surface area contributed by atoms with E-state index in [1.165, 1.54) is 0 Å². The van der Waals surface area contributed by atoms with Gasteiger partial charge in [-0.15, -0.1) is 0 Å². The quantitative estimate of drug-likeness (QED) is 0.823. The number of benzene rings is 2. The van der Waals surface area contributed by atoms with Gasteiger partial charge in [0.1, 0.15) is 17.2 Å². The number of carbonyl (C=O) groups excluding carboxylic acids is 1. The van der Waals surface area contributed by atoms with Gasteiger partial charge in [-0.1, -0.05) is 34.1 Å². The maximum atomic E-state index is 13.7. The Morgan fingerprint density at radius 3 is 2.38 bits per heavy atom. The van der Waals surface area contributed by atoms with E-state index in [2.05, 4.69) is 21.2 Å². The summed E-state index contributed by atoms with van der Waals surface area (Å²) < 4.78 is 27.7. The summed E-state index contributed by atoms with van der Waals surface area (Å²) in [5.74, 6) is -2.67. The van der Waals surface area contributed by atoms with E-state index in [9.17, 15) is 13.6 Å². The maximum Gasteiger partial charge on any atom is 0.257 e. The summed E-state index contributed by atoms with van der Waals surface area (Å²) in [4.78, 5) is 12.0. The fraction of sp³-hybridized carbons (Fsp3) is 0.133. The van der Waals surface area contributed by atoms with E-state index in [0.29, 0.717) is 11.3 Å². The van der Waals surface area contributed by atoms with Crippen molar-refractivity contribution in [2.75, 3.05) is 5.73 Å². The van der Waals surface area contributed by atoms with E-state index in [0.717, 1.165) is 12.1 Å². The zero-order valence-electron chi connectivity index (χ0n) is 11.2. The zero-order chi connectivity index (χ0) is 15.6. The molecule has 0 bridgehead atoms. The van der Waals surface area contributed by atoms with Gasteiger partial charge in [0.05, 0.1) is 6.04 Å². The van der Waals surface area contributed by atoms with E-state index < -0.39 is 29.1 Å². The number of amides is 1. The Morgan fingerprint density at radius 2 is 1.81 bits per heavy atom. The number of rotatable bonds is 3. The summed E-state index contributed by atoms with van der Waals surface area (Å²) in [6, 6.07) is 8.59. The van der Waals surface area contributed by atoms with Crippen molar-refractivity contribution in [2.24, 2.45) is 0 Å². The highest BCUT2D eigenvalue weighted by Crippen LogP contribution is 2.22. The van der Waals surface area contributed by atoms with Crippen molar-refractivity contribution in [1.82, 2.24) is 5.32 Å². The molecular weight excluding hydrogens is 342 g/mol. The lowest BCUT2D eigenvalue weighted by Crippen LogP contribution is -2.28. The molecule has 3 N–H and O–H groups in total. The molecule has 3 nitrogen and oxygen atoms in total. The first-order chi connectivity index (χ1) is 9.90. The Balaban J connectivity index is 2.25. The number of anilines is 1. The van der Waals surface area contributed by atoms with E-state index in [-0.39, 0.29) is 4.47 Å². The molecule has 2 aromatic carbocycles. The molecule has 0 saturated carbocycles. The van der Waals surface area contributed by atoms with E-state index in [4.69, 9.17) is 5.73 Å². The third kappa shape index (κ3) is 3.39. The van der Waals surface area contributed by atoms with Gasteiger partial charge in [0.25, 0.3) is 5.91 Å². The second-order valence-corrected chi connectivity index (χ2v) is 5.48. The molecule has 0 spiro atoms. The third-order valence-corrected chi connectivity index (χ3v) is 3.50. The number of halogens is 3. The lowest BCUT2D eigenvalue weighted by Gasteiger charge is -2.16.